The van der Waals surface area contributed by atoms with Crippen LogP contribution in [0, 0.1) is 24.2 Å². The lowest BCUT2D eigenvalue weighted by Crippen LogP contribution is -2.49. The van der Waals surface area contributed by atoms with Crippen LogP contribution in [-0.4, -0.2) is 21.4 Å². The van der Waals surface area contributed by atoms with Gasteiger partial charge in [0.15, 0.2) is 0 Å². The Balaban J connectivity index is 1.52. The molecule has 4 rings (SSSR count). The third-order valence-corrected chi connectivity index (χ3v) is 5.69. The van der Waals surface area contributed by atoms with Crippen LogP contribution in [0.2, 0.25) is 0 Å². The molecule has 4 nitrogen and oxygen atoms in total. The van der Waals surface area contributed by atoms with Crippen molar-refractivity contribution in [2.45, 2.75) is 51.0 Å². The summed E-state index contributed by atoms with van der Waals surface area (Å²) in [5, 5.41) is 3.31. The van der Waals surface area contributed by atoms with Crippen molar-refractivity contribution in [3.05, 3.63) is 59.7 Å². The van der Waals surface area contributed by atoms with Crippen molar-refractivity contribution < 1.29 is 4.79 Å². The van der Waals surface area contributed by atoms with Crippen LogP contribution in [0.5, 0.6) is 0 Å². The summed E-state index contributed by atoms with van der Waals surface area (Å²) in [6.45, 7) is 1.91. The minimum Gasteiger partial charge on any atom is -0.345 e. The number of nitrogens with zero attached hydrogens (tertiary/aromatic N) is 2. The lowest BCUT2D eigenvalue weighted by molar-refractivity contribution is 0.0866. The molecular formula is C22H23N3O. The van der Waals surface area contributed by atoms with E-state index in [0.29, 0.717) is 5.69 Å². The number of fused-ring (bicyclic) bond motifs is 2. The highest BCUT2D eigenvalue weighted by atomic mass is 16.2. The Bertz CT molecular complexity index is 883. The highest BCUT2D eigenvalue weighted by molar-refractivity contribution is 5.92. The molecule has 2 fully saturated rings. The molecule has 2 bridgehead atoms. The van der Waals surface area contributed by atoms with Crippen LogP contribution in [0.3, 0.4) is 0 Å². The summed E-state index contributed by atoms with van der Waals surface area (Å²) < 4.78 is 0. The summed E-state index contributed by atoms with van der Waals surface area (Å²) in [4.78, 5) is 21.4. The maximum Gasteiger partial charge on any atom is 0.270 e. The molecule has 2 aliphatic carbocycles. The zero-order chi connectivity index (χ0) is 18.0. The number of pyridine rings is 2. The molecule has 2 saturated carbocycles. The maximum atomic E-state index is 12.7. The highest BCUT2D eigenvalue weighted by Crippen LogP contribution is 2.53. The van der Waals surface area contributed by atoms with Gasteiger partial charge in [0.25, 0.3) is 5.91 Å². The minimum atomic E-state index is -0.139. The summed E-state index contributed by atoms with van der Waals surface area (Å²) in [5.41, 5.74) is 2.04. The molecule has 4 heteroatoms. The van der Waals surface area contributed by atoms with Gasteiger partial charge in [0, 0.05) is 22.8 Å². The average Bonchev–Trinajstić information content (AvgIpc) is 2.91. The molecule has 0 unspecified atom stereocenters. The van der Waals surface area contributed by atoms with E-state index in [1.807, 2.05) is 37.3 Å². The summed E-state index contributed by atoms with van der Waals surface area (Å²) in [5.74, 6) is 6.70. The number of aryl methyl sites for hydroxylation is 1. The maximum absolute atomic E-state index is 12.7. The average molecular weight is 345 g/mol. The molecule has 1 amide bonds. The van der Waals surface area contributed by atoms with Crippen LogP contribution < -0.4 is 5.32 Å². The van der Waals surface area contributed by atoms with Gasteiger partial charge in [0.1, 0.15) is 11.4 Å². The Morgan fingerprint density at radius 1 is 1.12 bits per heavy atom. The second-order valence-electron chi connectivity index (χ2n) is 7.67. The number of carbonyl (C=O) groups is 1. The van der Waals surface area contributed by atoms with E-state index >= 15 is 0 Å². The smallest absolute Gasteiger partial charge is 0.270 e. The molecule has 1 N–H and O–H groups in total. The molecule has 2 atom stereocenters. The number of carbonyl (C=O) groups excluding carboxylic acids is 1. The summed E-state index contributed by atoms with van der Waals surface area (Å²) in [6.07, 6.45) is 7.95. The van der Waals surface area contributed by atoms with Crippen molar-refractivity contribution in [1.82, 2.24) is 15.3 Å². The van der Waals surface area contributed by atoms with E-state index in [-0.39, 0.29) is 16.9 Å². The van der Waals surface area contributed by atoms with Crippen molar-refractivity contribution in [2.24, 2.45) is 5.41 Å². The topological polar surface area (TPSA) is 54.9 Å². The van der Waals surface area contributed by atoms with Crippen LogP contribution in [0.4, 0.5) is 0 Å². The van der Waals surface area contributed by atoms with Crippen LogP contribution in [-0.2, 0) is 0 Å². The number of rotatable bonds is 2. The molecule has 2 aromatic rings. The lowest BCUT2D eigenvalue weighted by Gasteiger charge is -2.37. The van der Waals surface area contributed by atoms with Crippen LogP contribution in [0.15, 0.2) is 42.6 Å². The van der Waals surface area contributed by atoms with Crippen molar-refractivity contribution in [1.29, 1.82) is 0 Å². The Kier molecular flexibility index (Phi) is 4.24. The molecule has 26 heavy (non-hydrogen) atoms. The molecule has 2 heterocycles. The van der Waals surface area contributed by atoms with Crippen LogP contribution in [0.25, 0.3) is 0 Å². The van der Waals surface area contributed by atoms with E-state index in [1.54, 1.807) is 12.3 Å². The monoisotopic (exact) mass is 345 g/mol. The predicted octanol–water partition coefficient (Wildman–Crippen LogP) is 3.66. The number of nitrogens with one attached hydrogen (secondary N) is 1. The molecule has 0 radical (unpaired) electrons. The van der Waals surface area contributed by atoms with Crippen molar-refractivity contribution in [2.75, 3.05) is 0 Å². The quantitative estimate of drug-likeness (QED) is 0.845. The molecule has 2 aliphatic rings. The fourth-order valence-corrected chi connectivity index (χ4v) is 4.44. The van der Waals surface area contributed by atoms with Gasteiger partial charge in [0.2, 0.25) is 0 Å². The predicted molar refractivity (Wildman–Crippen MR) is 100 cm³/mol. The van der Waals surface area contributed by atoms with E-state index in [9.17, 15) is 4.79 Å². The van der Waals surface area contributed by atoms with E-state index in [4.69, 9.17) is 0 Å². The standard InChI is InChI=1S/C22H23N3O/c1-17-6-4-8-19(24-17)20(26)25-22-11-5-10-21(16-22,13-14-22)12-9-18-7-2-3-15-23-18/h2-4,6-8,15H,5,10-11,13-14,16H2,1H3,(H,25,26)/t21-,22+/m1/s1. The van der Waals surface area contributed by atoms with E-state index in [2.05, 4.69) is 27.1 Å². The third-order valence-electron chi connectivity index (χ3n) is 5.69. The lowest BCUT2D eigenvalue weighted by atomic mass is 9.73. The van der Waals surface area contributed by atoms with Gasteiger partial charge < -0.3 is 5.32 Å². The Morgan fingerprint density at radius 2 is 2.04 bits per heavy atom. The molecule has 0 aromatic carbocycles. The number of hydrogen-bond acceptors (Lipinski definition) is 3. The van der Waals surface area contributed by atoms with Gasteiger partial charge in [-0.3, -0.25) is 4.79 Å². The number of amides is 1. The van der Waals surface area contributed by atoms with Gasteiger partial charge in [-0.1, -0.05) is 18.1 Å². The van der Waals surface area contributed by atoms with Crippen molar-refractivity contribution in [3.63, 3.8) is 0 Å². The molecule has 0 spiro atoms. The van der Waals surface area contributed by atoms with Gasteiger partial charge in [-0.2, -0.15) is 0 Å². The SMILES string of the molecule is Cc1cccc(C(=O)N[C@@]23CCC[C@@](C#Cc4ccccn4)(CC2)C3)n1. The largest absolute Gasteiger partial charge is 0.345 e. The summed E-state index contributed by atoms with van der Waals surface area (Å²) in [7, 11) is 0. The number of hydrogen-bond donors (Lipinski definition) is 1. The van der Waals surface area contributed by atoms with E-state index < -0.39 is 0 Å². The van der Waals surface area contributed by atoms with Crippen molar-refractivity contribution >= 4 is 5.91 Å². The molecule has 132 valence electrons. The van der Waals surface area contributed by atoms with Gasteiger partial charge in [0.05, 0.1) is 0 Å². The Labute approximate surface area is 154 Å². The normalized spacial score (nSPS) is 26.7. The van der Waals surface area contributed by atoms with Gasteiger partial charge in [-0.15, -0.1) is 0 Å². The van der Waals surface area contributed by atoms with Crippen molar-refractivity contribution in [3.8, 4) is 11.8 Å². The second-order valence-corrected chi connectivity index (χ2v) is 7.67. The Hall–Kier alpha value is -2.67. The fourth-order valence-electron chi connectivity index (χ4n) is 4.44. The highest BCUT2D eigenvalue weighted by Gasteiger charge is 2.51. The van der Waals surface area contributed by atoms with E-state index in [1.165, 1.54) is 0 Å². The van der Waals surface area contributed by atoms with Gasteiger partial charge in [-0.05, 0) is 75.6 Å². The Morgan fingerprint density at radius 3 is 2.85 bits per heavy atom. The molecular weight excluding hydrogens is 322 g/mol. The van der Waals surface area contributed by atoms with Crippen LogP contribution in [0.1, 0.15) is 60.4 Å². The summed E-state index contributed by atoms with van der Waals surface area (Å²) in [6, 6.07) is 11.4. The second kappa shape index (κ2) is 6.57. The van der Waals surface area contributed by atoms with Crippen LogP contribution >= 0.6 is 0 Å². The zero-order valence-electron chi connectivity index (χ0n) is 15.1. The zero-order valence-corrected chi connectivity index (χ0v) is 15.1. The first-order valence-electron chi connectivity index (χ1n) is 9.29. The van der Waals surface area contributed by atoms with Gasteiger partial charge >= 0.3 is 0 Å². The first-order valence-corrected chi connectivity index (χ1v) is 9.29. The third kappa shape index (κ3) is 3.35. The first kappa shape index (κ1) is 16.8. The molecule has 2 aromatic heterocycles. The van der Waals surface area contributed by atoms with Gasteiger partial charge in [-0.25, -0.2) is 9.97 Å². The number of aromatic nitrogens is 2. The molecule has 0 saturated heterocycles. The van der Waals surface area contributed by atoms with E-state index in [0.717, 1.165) is 49.9 Å². The fraction of sp³-hybridized carbons (Fsp3) is 0.409. The molecule has 0 aliphatic heterocycles. The summed E-state index contributed by atoms with van der Waals surface area (Å²) >= 11 is 0. The first-order chi connectivity index (χ1) is 12.6. The minimum absolute atomic E-state index is 0.00306.